The van der Waals surface area contributed by atoms with Gasteiger partial charge < -0.3 is 15.2 Å². The lowest BCUT2D eigenvalue weighted by atomic mass is 9.64. The van der Waals surface area contributed by atoms with Gasteiger partial charge in [-0.3, -0.25) is 0 Å². The topological polar surface area (TPSA) is 44.5 Å². The molecule has 1 aliphatic heterocycles. The van der Waals surface area contributed by atoms with E-state index in [1.165, 1.54) is 0 Å². The minimum atomic E-state index is -0.411. The fourth-order valence-electron chi connectivity index (χ4n) is 2.70. The number of halogens is 2. The molecule has 1 aromatic carbocycles. The Balaban J connectivity index is 2.13. The molecule has 98 valence electrons. The van der Waals surface area contributed by atoms with E-state index in [2.05, 4.69) is 0 Å². The lowest BCUT2D eigenvalue weighted by Gasteiger charge is -2.42. The molecule has 0 bridgehead atoms. The summed E-state index contributed by atoms with van der Waals surface area (Å²) in [5, 5.41) is 0.0157. The summed E-state index contributed by atoms with van der Waals surface area (Å²) in [5.74, 6) is 0.434. The molecule has 0 unspecified atom stereocenters. The molecular formula is C13H15ClFNO2. The molecule has 0 radical (unpaired) electrons. The zero-order valence-electron chi connectivity index (χ0n) is 9.97. The van der Waals surface area contributed by atoms with Crippen molar-refractivity contribution in [2.45, 2.75) is 24.7 Å². The maximum atomic E-state index is 14.4. The van der Waals surface area contributed by atoms with Crippen LogP contribution in [0.2, 0.25) is 5.02 Å². The summed E-state index contributed by atoms with van der Waals surface area (Å²) >= 11 is 6.04. The van der Waals surface area contributed by atoms with Gasteiger partial charge in [0.15, 0.2) is 11.5 Å². The van der Waals surface area contributed by atoms with E-state index in [1.807, 2.05) is 0 Å². The maximum Gasteiger partial charge on any atom is 0.182 e. The Hall–Kier alpha value is -1.00. The molecule has 5 heteroatoms. The van der Waals surface area contributed by atoms with Crippen molar-refractivity contribution in [2.24, 2.45) is 5.73 Å². The molecule has 2 aliphatic rings. The predicted molar refractivity (Wildman–Crippen MR) is 67.0 cm³/mol. The Labute approximate surface area is 110 Å². The third kappa shape index (κ3) is 1.59. The summed E-state index contributed by atoms with van der Waals surface area (Å²) in [7, 11) is 0. The molecule has 1 saturated carbocycles. The van der Waals surface area contributed by atoms with Crippen LogP contribution in [0.1, 0.15) is 24.8 Å². The van der Waals surface area contributed by atoms with E-state index in [-0.39, 0.29) is 10.4 Å². The van der Waals surface area contributed by atoms with Gasteiger partial charge in [-0.1, -0.05) is 18.0 Å². The van der Waals surface area contributed by atoms with Crippen LogP contribution in [-0.2, 0) is 5.41 Å². The van der Waals surface area contributed by atoms with Gasteiger partial charge in [-0.05, 0) is 18.9 Å². The summed E-state index contributed by atoms with van der Waals surface area (Å²) < 4.78 is 25.2. The van der Waals surface area contributed by atoms with Crippen LogP contribution in [0.3, 0.4) is 0 Å². The zero-order valence-corrected chi connectivity index (χ0v) is 10.7. The first kappa shape index (κ1) is 12.1. The van der Waals surface area contributed by atoms with Crippen LogP contribution in [0.25, 0.3) is 0 Å². The van der Waals surface area contributed by atoms with Crippen molar-refractivity contribution in [1.82, 2.24) is 0 Å². The molecule has 18 heavy (non-hydrogen) atoms. The van der Waals surface area contributed by atoms with Gasteiger partial charge in [0, 0.05) is 17.5 Å². The molecule has 3 rings (SSSR count). The second-order valence-electron chi connectivity index (χ2n) is 4.91. The molecule has 1 aromatic rings. The highest BCUT2D eigenvalue weighted by molar-refractivity contribution is 6.32. The highest BCUT2D eigenvalue weighted by atomic mass is 35.5. The van der Waals surface area contributed by atoms with Crippen molar-refractivity contribution in [3.63, 3.8) is 0 Å². The molecule has 0 spiro atoms. The maximum absolute atomic E-state index is 14.4. The van der Waals surface area contributed by atoms with E-state index in [0.29, 0.717) is 36.8 Å². The molecule has 3 nitrogen and oxygen atoms in total. The van der Waals surface area contributed by atoms with E-state index in [4.69, 9.17) is 26.8 Å². The largest absolute Gasteiger partial charge is 0.486 e. The number of fused-ring (bicyclic) bond motifs is 1. The van der Waals surface area contributed by atoms with Crippen LogP contribution in [0, 0.1) is 5.82 Å². The normalized spacial score (nSPS) is 20.4. The predicted octanol–water partition coefficient (Wildman–Crippen LogP) is 2.63. The van der Waals surface area contributed by atoms with Gasteiger partial charge in [-0.15, -0.1) is 0 Å². The standard InChI is InChI=1S/C13H15ClFNO2/c14-10-11(15)8(13(7-16)2-1-3-13)6-9-12(10)18-5-4-17-9/h6H,1-5,7,16H2. The first-order chi connectivity index (χ1) is 8.68. The Morgan fingerprint density at radius 1 is 1.33 bits per heavy atom. The number of benzene rings is 1. The molecule has 0 saturated heterocycles. The molecule has 0 aromatic heterocycles. The summed E-state index contributed by atoms with van der Waals surface area (Å²) in [5.41, 5.74) is 6.11. The van der Waals surface area contributed by atoms with Gasteiger partial charge in [0.1, 0.15) is 24.1 Å². The second kappa shape index (κ2) is 4.28. The van der Waals surface area contributed by atoms with Crippen LogP contribution in [0.15, 0.2) is 6.07 Å². The number of hydrogen-bond donors (Lipinski definition) is 1. The Morgan fingerprint density at radius 2 is 2.06 bits per heavy atom. The van der Waals surface area contributed by atoms with Crippen LogP contribution < -0.4 is 15.2 Å². The Kier molecular flexibility index (Phi) is 2.87. The van der Waals surface area contributed by atoms with Crippen LogP contribution in [0.4, 0.5) is 4.39 Å². The van der Waals surface area contributed by atoms with Crippen molar-refractivity contribution in [2.75, 3.05) is 19.8 Å². The van der Waals surface area contributed by atoms with Crippen LogP contribution >= 0.6 is 11.6 Å². The number of rotatable bonds is 2. The summed E-state index contributed by atoms with van der Waals surface area (Å²) in [6.45, 7) is 1.29. The quantitative estimate of drug-likeness (QED) is 0.899. The second-order valence-corrected chi connectivity index (χ2v) is 5.29. The van der Waals surface area contributed by atoms with E-state index in [1.54, 1.807) is 6.07 Å². The SMILES string of the molecule is NCC1(c2cc3c(c(Cl)c2F)OCCO3)CCC1. The number of hydrogen-bond acceptors (Lipinski definition) is 3. The average molecular weight is 272 g/mol. The Morgan fingerprint density at radius 3 is 2.67 bits per heavy atom. The van der Waals surface area contributed by atoms with Crippen LogP contribution in [-0.4, -0.2) is 19.8 Å². The fourth-order valence-corrected chi connectivity index (χ4v) is 2.95. The zero-order chi connectivity index (χ0) is 12.8. The van der Waals surface area contributed by atoms with Gasteiger partial charge in [-0.2, -0.15) is 0 Å². The first-order valence-corrected chi connectivity index (χ1v) is 6.54. The van der Waals surface area contributed by atoms with Gasteiger partial charge in [0.2, 0.25) is 0 Å². The summed E-state index contributed by atoms with van der Waals surface area (Å²) in [4.78, 5) is 0. The van der Waals surface area contributed by atoms with E-state index >= 15 is 0 Å². The smallest absolute Gasteiger partial charge is 0.182 e. The van der Waals surface area contributed by atoms with Gasteiger partial charge in [0.25, 0.3) is 0 Å². The molecule has 2 N–H and O–H groups in total. The van der Waals surface area contributed by atoms with Crippen LogP contribution in [0.5, 0.6) is 11.5 Å². The molecule has 1 heterocycles. The molecular weight excluding hydrogens is 257 g/mol. The van der Waals surface area contributed by atoms with Gasteiger partial charge >= 0.3 is 0 Å². The van der Waals surface area contributed by atoms with Gasteiger partial charge in [0.05, 0.1) is 0 Å². The highest BCUT2D eigenvalue weighted by Crippen LogP contribution is 2.49. The lowest BCUT2D eigenvalue weighted by molar-refractivity contribution is 0.168. The van der Waals surface area contributed by atoms with E-state index in [0.717, 1.165) is 19.3 Å². The fraction of sp³-hybridized carbons (Fsp3) is 0.538. The summed E-state index contributed by atoms with van der Waals surface area (Å²) in [6.07, 6.45) is 2.87. The third-order valence-electron chi connectivity index (χ3n) is 3.99. The monoisotopic (exact) mass is 271 g/mol. The minimum absolute atomic E-state index is 0.0157. The van der Waals surface area contributed by atoms with Gasteiger partial charge in [-0.25, -0.2) is 4.39 Å². The average Bonchev–Trinajstić information content (AvgIpc) is 2.35. The van der Waals surface area contributed by atoms with Crippen molar-refractivity contribution in [3.05, 3.63) is 22.5 Å². The highest BCUT2D eigenvalue weighted by Gasteiger charge is 2.41. The number of nitrogens with two attached hydrogens (primary N) is 1. The summed E-state index contributed by atoms with van der Waals surface area (Å²) in [6, 6.07) is 1.71. The molecule has 1 fully saturated rings. The Bertz CT molecular complexity index is 483. The van der Waals surface area contributed by atoms with E-state index < -0.39 is 5.82 Å². The molecule has 1 aliphatic carbocycles. The molecule has 0 amide bonds. The first-order valence-electron chi connectivity index (χ1n) is 6.16. The van der Waals surface area contributed by atoms with E-state index in [9.17, 15) is 4.39 Å². The third-order valence-corrected chi connectivity index (χ3v) is 4.33. The van der Waals surface area contributed by atoms with Crippen molar-refractivity contribution in [3.8, 4) is 11.5 Å². The number of ether oxygens (including phenoxy) is 2. The molecule has 0 atom stereocenters. The lowest BCUT2D eigenvalue weighted by Crippen LogP contribution is -2.42. The van der Waals surface area contributed by atoms with Crippen molar-refractivity contribution < 1.29 is 13.9 Å². The minimum Gasteiger partial charge on any atom is -0.486 e. The van der Waals surface area contributed by atoms with Crippen molar-refractivity contribution >= 4 is 11.6 Å². The van der Waals surface area contributed by atoms with Crippen molar-refractivity contribution in [1.29, 1.82) is 0 Å².